The van der Waals surface area contributed by atoms with E-state index in [1.54, 1.807) is 42.5 Å². The van der Waals surface area contributed by atoms with Gasteiger partial charge in [0.05, 0.1) is 0 Å². The third-order valence-corrected chi connectivity index (χ3v) is 3.05. The second kappa shape index (κ2) is 6.30. The number of nitrogens with two attached hydrogens (primary N) is 1. The molecule has 0 aliphatic carbocycles. The summed E-state index contributed by atoms with van der Waals surface area (Å²) in [7, 11) is 0. The molecular formula is C15H15ClN2O2. The molecule has 0 spiro atoms. The van der Waals surface area contributed by atoms with Crippen molar-refractivity contribution < 1.29 is 9.53 Å². The van der Waals surface area contributed by atoms with Crippen LogP contribution in [0.5, 0.6) is 5.75 Å². The zero-order valence-corrected chi connectivity index (χ0v) is 11.8. The van der Waals surface area contributed by atoms with Crippen LogP contribution in [-0.4, -0.2) is 12.5 Å². The maximum atomic E-state index is 11.8. The van der Waals surface area contributed by atoms with Gasteiger partial charge in [-0.25, -0.2) is 0 Å². The van der Waals surface area contributed by atoms with Crippen LogP contribution < -0.4 is 15.8 Å². The van der Waals surface area contributed by atoms with E-state index < -0.39 is 0 Å². The van der Waals surface area contributed by atoms with Crippen LogP contribution in [0.1, 0.15) is 5.56 Å². The molecule has 2 aromatic rings. The Balaban J connectivity index is 1.94. The fourth-order valence-corrected chi connectivity index (χ4v) is 1.86. The van der Waals surface area contributed by atoms with E-state index >= 15 is 0 Å². The Labute approximate surface area is 122 Å². The van der Waals surface area contributed by atoms with Gasteiger partial charge in [0.25, 0.3) is 5.91 Å². The molecule has 20 heavy (non-hydrogen) atoms. The number of hydrogen-bond acceptors (Lipinski definition) is 3. The summed E-state index contributed by atoms with van der Waals surface area (Å²) in [5.74, 6) is 0.302. The smallest absolute Gasteiger partial charge is 0.262 e. The fourth-order valence-electron chi connectivity index (χ4n) is 1.68. The van der Waals surface area contributed by atoms with Crippen LogP contribution in [0.15, 0.2) is 42.5 Å². The van der Waals surface area contributed by atoms with Gasteiger partial charge in [0.1, 0.15) is 5.75 Å². The third-order valence-electron chi connectivity index (χ3n) is 2.82. The van der Waals surface area contributed by atoms with Crippen LogP contribution >= 0.6 is 11.6 Å². The second-order valence-electron chi connectivity index (χ2n) is 4.31. The van der Waals surface area contributed by atoms with E-state index in [1.165, 1.54) is 0 Å². The van der Waals surface area contributed by atoms with Crippen molar-refractivity contribution in [2.75, 3.05) is 17.7 Å². The SMILES string of the molecule is Cc1c(N)cccc1NC(=O)COc1cccc(Cl)c1. The van der Waals surface area contributed by atoms with Gasteiger partial charge in [-0.1, -0.05) is 23.7 Å². The van der Waals surface area contributed by atoms with E-state index in [0.29, 0.717) is 22.1 Å². The van der Waals surface area contributed by atoms with Crippen molar-refractivity contribution in [1.82, 2.24) is 0 Å². The number of nitrogen functional groups attached to an aromatic ring is 1. The van der Waals surface area contributed by atoms with Gasteiger partial charge < -0.3 is 15.8 Å². The van der Waals surface area contributed by atoms with Crippen LogP contribution in [0.25, 0.3) is 0 Å². The van der Waals surface area contributed by atoms with Crippen LogP contribution in [0.3, 0.4) is 0 Å². The summed E-state index contributed by atoms with van der Waals surface area (Å²) in [6.07, 6.45) is 0. The number of rotatable bonds is 4. The van der Waals surface area contributed by atoms with Gasteiger partial charge in [0.15, 0.2) is 6.61 Å². The molecule has 0 saturated carbocycles. The summed E-state index contributed by atoms with van der Waals surface area (Å²) in [5.41, 5.74) is 7.94. The van der Waals surface area contributed by atoms with Gasteiger partial charge in [0.2, 0.25) is 0 Å². The van der Waals surface area contributed by atoms with Crippen molar-refractivity contribution in [1.29, 1.82) is 0 Å². The quantitative estimate of drug-likeness (QED) is 0.850. The molecule has 0 atom stereocenters. The first-order chi connectivity index (χ1) is 9.56. The monoisotopic (exact) mass is 290 g/mol. The summed E-state index contributed by atoms with van der Waals surface area (Å²) in [5, 5.41) is 3.32. The lowest BCUT2D eigenvalue weighted by Crippen LogP contribution is -2.20. The average molecular weight is 291 g/mol. The Bertz CT molecular complexity index is 629. The first-order valence-corrected chi connectivity index (χ1v) is 6.47. The molecule has 0 heterocycles. The van der Waals surface area contributed by atoms with Gasteiger partial charge in [0, 0.05) is 16.4 Å². The molecule has 0 aromatic heterocycles. The van der Waals surface area contributed by atoms with Gasteiger partial charge in [-0.05, 0) is 42.8 Å². The van der Waals surface area contributed by atoms with Crippen molar-refractivity contribution in [3.63, 3.8) is 0 Å². The molecule has 2 rings (SSSR count). The Morgan fingerprint density at radius 3 is 2.80 bits per heavy atom. The minimum atomic E-state index is -0.251. The molecule has 5 heteroatoms. The number of nitrogens with one attached hydrogen (secondary N) is 1. The molecular weight excluding hydrogens is 276 g/mol. The van der Waals surface area contributed by atoms with Crippen LogP contribution in [0.4, 0.5) is 11.4 Å². The topological polar surface area (TPSA) is 64.3 Å². The molecule has 0 radical (unpaired) electrons. The summed E-state index contributed by atoms with van der Waals surface area (Å²) in [6, 6.07) is 12.3. The lowest BCUT2D eigenvalue weighted by molar-refractivity contribution is -0.118. The number of amides is 1. The molecule has 0 bridgehead atoms. The van der Waals surface area contributed by atoms with Gasteiger partial charge in [-0.15, -0.1) is 0 Å². The zero-order valence-electron chi connectivity index (χ0n) is 11.0. The molecule has 3 N–H and O–H groups in total. The molecule has 2 aromatic carbocycles. The summed E-state index contributed by atoms with van der Waals surface area (Å²) >= 11 is 5.83. The Morgan fingerprint density at radius 1 is 1.30 bits per heavy atom. The van der Waals surface area contributed by atoms with Gasteiger partial charge in [-0.3, -0.25) is 4.79 Å². The molecule has 1 amide bonds. The van der Waals surface area contributed by atoms with Gasteiger partial charge in [-0.2, -0.15) is 0 Å². The fraction of sp³-hybridized carbons (Fsp3) is 0.133. The molecule has 4 nitrogen and oxygen atoms in total. The molecule has 0 aliphatic rings. The molecule has 0 unspecified atom stereocenters. The largest absolute Gasteiger partial charge is 0.484 e. The molecule has 104 valence electrons. The number of carbonyl (C=O) groups excluding carboxylic acids is 1. The number of anilines is 2. The Kier molecular flexibility index (Phi) is 4.48. The summed E-state index contributed by atoms with van der Waals surface area (Å²) in [6.45, 7) is 1.76. The molecule has 0 saturated heterocycles. The number of ether oxygens (including phenoxy) is 1. The lowest BCUT2D eigenvalue weighted by atomic mass is 10.1. The average Bonchev–Trinajstić information content (AvgIpc) is 2.42. The predicted molar refractivity (Wildman–Crippen MR) is 81.2 cm³/mol. The van der Waals surface area contributed by atoms with Crippen molar-refractivity contribution in [2.45, 2.75) is 6.92 Å². The van der Waals surface area contributed by atoms with E-state index in [1.807, 2.05) is 6.92 Å². The second-order valence-corrected chi connectivity index (χ2v) is 4.75. The Hall–Kier alpha value is -2.20. The maximum Gasteiger partial charge on any atom is 0.262 e. The highest BCUT2D eigenvalue weighted by Gasteiger charge is 2.07. The van der Waals surface area contributed by atoms with Crippen LogP contribution in [0, 0.1) is 6.92 Å². The lowest BCUT2D eigenvalue weighted by Gasteiger charge is -2.11. The highest BCUT2D eigenvalue weighted by atomic mass is 35.5. The summed E-state index contributed by atoms with van der Waals surface area (Å²) in [4.78, 5) is 11.8. The molecule has 0 aliphatic heterocycles. The van der Waals surface area contributed by atoms with Crippen molar-refractivity contribution in [3.8, 4) is 5.75 Å². The number of hydrogen-bond donors (Lipinski definition) is 2. The highest BCUT2D eigenvalue weighted by Crippen LogP contribution is 2.20. The van der Waals surface area contributed by atoms with Gasteiger partial charge >= 0.3 is 0 Å². The van der Waals surface area contributed by atoms with Crippen molar-refractivity contribution >= 4 is 28.9 Å². The zero-order chi connectivity index (χ0) is 14.5. The first kappa shape index (κ1) is 14.2. The van der Waals surface area contributed by atoms with Crippen molar-refractivity contribution in [2.24, 2.45) is 0 Å². The van der Waals surface area contributed by atoms with E-state index in [2.05, 4.69) is 5.32 Å². The minimum Gasteiger partial charge on any atom is -0.484 e. The first-order valence-electron chi connectivity index (χ1n) is 6.09. The minimum absolute atomic E-state index is 0.0887. The predicted octanol–water partition coefficient (Wildman–Crippen LogP) is 3.25. The number of benzene rings is 2. The molecule has 0 fully saturated rings. The van der Waals surface area contributed by atoms with E-state index in [4.69, 9.17) is 22.1 Å². The summed E-state index contributed by atoms with van der Waals surface area (Å²) < 4.78 is 5.36. The van der Waals surface area contributed by atoms with E-state index in [-0.39, 0.29) is 12.5 Å². The standard InChI is InChI=1S/C15H15ClN2O2/c1-10-13(17)6-3-7-14(10)18-15(19)9-20-12-5-2-4-11(16)8-12/h2-8H,9,17H2,1H3,(H,18,19). The van der Waals surface area contributed by atoms with Crippen LogP contribution in [0.2, 0.25) is 5.02 Å². The maximum absolute atomic E-state index is 11.8. The number of halogens is 1. The third kappa shape index (κ3) is 3.65. The Morgan fingerprint density at radius 2 is 2.05 bits per heavy atom. The number of carbonyl (C=O) groups is 1. The van der Waals surface area contributed by atoms with Crippen molar-refractivity contribution in [3.05, 3.63) is 53.1 Å². The van der Waals surface area contributed by atoms with Crippen LogP contribution in [-0.2, 0) is 4.79 Å². The highest BCUT2D eigenvalue weighted by molar-refractivity contribution is 6.30. The normalized spacial score (nSPS) is 10.1. The van der Waals surface area contributed by atoms with E-state index in [0.717, 1.165) is 5.56 Å². The van der Waals surface area contributed by atoms with E-state index in [9.17, 15) is 4.79 Å².